The van der Waals surface area contributed by atoms with Crippen LogP contribution in [-0.4, -0.2) is 43.0 Å². The normalized spacial score (nSPS) is 11.9. The van der Waals surface area contributed by atoms with Crippen molar-refractivity contribution in [3.8, 4) is 11.3 Å². The molecule has 3 aromatic rings. The third-order valence-corrected chi connectivity index (χ3v) is 5.30. The largest absolute Gasteiger partial charge is 0.420 e. The monoisotopic (exact) mass is 407 g/mol. The number of nitrogens with zero attached hydrogens (tertiary/aromatic N) is 2. The Morgan fingerprint density at radius 3 is 2.50 bits per heavy atom. The van der Waals surface area contributed by atoms with E-state index in [9.17, 15) is 18.0 Å². The number of nitrogens with one attached hydrogen (secondary N) is 1. The summed E-state index contributed by atoms with van der Waals surface area (Å²) in [6.07, 6.45) is -4.02. The van der Waals surface area contributed by atoms with Crippen LogP contribution >= 0.6 is 11.3 Å². The van der Waals surface area contributed by atoms with Crippen LogP contribution in [0, 0.1) is 0 Å². The summed E-state index contributed by atoms with van der Waals surface area (Å²) in [6.45, 7) is 1.05. The first kappa shape index (κ1) is 20.3. The molecule has 0 aliphatic rings. The van der Waals surface area contributed by atoms with Crippen LogP contribution in [0.2, 0.25) is 0 Å². The van der Waals surface area contributed by atoms with Crippen molar-refractivity contribution >= 4 is 27.5 Å². The minimum absolute atomic E-state index is 0.183. The number of carbonyl (C=O) groups is 1. The lowest BCUT2D eigenvalue weighted by atomic mass is 10.1. The number of aromatic nitrogens is 1. The number of halogens is 3. The van der Waals surface area contributed by atoms with Gasteiger partial charge in [-0.1, -0.05) is 30.3 Å². The summed E-state index contributed by atoms with van der Waals surface area (Å²) in [6, 6.07) is 12.3. The summed E-state index contributed by atoms with van der Waals surface area (Å²) in [7, 11) is 3.79. The predicted molar refractivity (Wildman–Crippen MR) is 106 cm³/mol. The molecule has 0 fully saturated rings. The molecule has 0 saturated heterocycles. The van der Waals surface area contributed by atoms with Gasteiger partial charge in [0.2, 0.25) is 0 Å². The van der Waals surface area contributed by atoms with E-state index in [-0.39, 0.29) is 10.4 Å². The van der Waals surface area contributed by atoms with Gasteiger partial charge >= 0.3 is 6.18 Å². The summed E-state index contributed by atoms with van der Waals surface area (Å²) < 4.78 is 41.7. The van der Waals surface area contributed by atoms with Gasteiger partial charge in [0.25, 0.3) is 5.91 Å². The Morgan fingerprint density at radius 1 is 1.14 bits per heavy atom. The van der Waals surface area contributed by atoms with Gasteiger partial charge in [0.15, 0.2) is 0 Å². The van der Waals surface area contributed by atoms with Gasteiger partial charge < -0.3 is 10.2 Å². The summed E-state index contributed by atoms with van der Waals surface area (Å²) in [5.74, 6) is -0.713. The Kier molecular flexibility index (Phi) is 6.00. The Hall–Kier alpha value is -2.45. The summed E-state index contributed by atoms with van der Waals surface area (Å²) in [5, 5.41) is 2.59. The fourth-order valence-electron chi connectivity index (χ4n) is 2.85. The average molecular weight is 407 g/mol. The molecule has 3 rings (SSSR count). The van der Waals surface area contributed by atoms with E-state index in [1.807, 2.05) is 25.1 Å². The molecule has 8 heteroatoms. The van der Waals surface area contributed by atoms with Gasteiger partial charge in [-0.05, 0) is 39.2 Å². The highest BCUT2D eigenvalue weighted by atomic mass is 32.1. The van der Waals surface area contributed by atoms with E-state index < -0.39 is 17.6 Å². The lowest BCUT2D eigenvalue weighted by Gasteiger charge is -2.11. The molecule has 1 amide bonds. The molecular weight excluding hydrogens is 387 g/mol. The topological polar surface area (TPSA) is 45.2 Å². The van der Waals surface area contributed by atoms with Crippen molar-refractivity contribution in [1.29, 1.82) is 0 Å². The third-order valence-electron chi connectivity index (χ3n) is 4.16. The molecule has 1 aromatic carbocycles. The lowest BCUT2D eigenvalue weighted by molar-refractivity contribution is -0.136. The number of alkyl halides is 3. The molecular formula is C20H20F3N3OS. The third kappa shape index (κ3) is 4.51. The van der Waals surface area contributed by atoms with Crippen LogP contribution in [0.4, 0.5) is 13.2 Å². The molecule has 0 saturated carbocycles. The smallest absolute Gasteiger partial charge is 0.351 e. The van der Waals surface area contributed by atoms with Crippen LogP contribution in [0.1, 0.15) is 21.7 Å². The van der Waals surface area contributed by atoms with Crippen molar-refractivity contribution in [2.24, 2.45) is 0 Å². The Balaban J connectivity index is 1.97. The van der Waals surface area contributed by atoms with E-state index in [1.54, 1.807) is 36.4 Å². The molecule has 0 radical (unpaired) electrons. The average Bonchev–Trinajstić information content (AvgIpc) is 3.04. The number of thiophene rings is 1. The number of fused-ring (bicyclic) bond motifs is 1. The van der Waals surface area contributed by atoms with Crippen molar-refractivity contribution in [3.05, 3.63) is 52.9 Å². The van der Waals surface area contributed by atoms with E-state index >= 15 is 0 Å². The van der Waals surface area contributed by atoms with Gasteiger partial charge in [0.05, 0.1) is 15.9 Å². The summed E-state index contributed by atoms with van der Waals surface area (Å²) in [4.78, 5) is 18.3. The van der Waals surface area contributed by atoms with E-state index in [0.717, 1.165) is 23.4 Å². The summed E-state index contributed by atoms with van der Waals surface area (Å²) in [5.41, 5.74) is 0.0143. The van der Waals surface area contributed by atoms with Crippen LogP contribution in [0.25, 0.3) is 21.5 Å². The SMILES string of the molecule is CN(C)CCCNC(=O)c1sc2ccc(-c3ccccc3)nc2c1C(F)(F)F. The maximum absolute atomic E-state index is 13.8. The molecule has 1 N–H and O–H groups in total. The maximum Gasteiger partial charge on any atom is 0.420 e. The molecule has 2 heterocycles. The van der Waals surface area contributed by atoms with Gasteiger partial charge in [0.1, 0.15) is 10.4 Å². The van der Waals surface area contributed by atoms with Crippen molar-refractivity contribution in [2.75, 3.05) is 27.2 Å². The zero-order chi connectivity index (χ0) is 20.3. The fourth-order valence-corrected chi connectivity index (χ4v) is 3.93. The molecule has 148 valence electrons. The minimum Gasteiger partial charge on any atom is -0.351 e. The molecule has 0 aliphatic heterocycles. The second kappa shape index (κ2) is 8.28. The quantitative estimate of drug-likeness (QED) is 0.605. The number of benzene rings is 1. The minimum atomic E-state index is -4.67. The van der Waals surface area contributed by atoms with Crippen molar-refractivity contribution in [3.63, 3.8) is 0 Å². The Labute approximate surface area is 165 Å². The standard InChI is InChI=1S/C20H20F3N3OS/c1-26(2)12-6-11-24-19(27)18-16(20(21,22)23)17-15(28-18)10-9-14(25-17)13-7-4-3-5-8-13/h3-5,7-10H,6,11-12H2,1-2H3,(H,24,27). The Morgan fingerprint density at radius 2 is 1.86 bits per heavy atom. The molecule has 4 nitrogen and oxygen atoms in total. The van der Waals surface area contributed by atoms with Crippen LogP contribution in [0.3, 0.4) is 0 Å². The zero-order valence-electron chi connectivity index (χ0n) is 15.5. The van der Waals surface area contributed by atoms with Crippen molar-refractivity contribution in [1.82, 2.24) is 15.2 Å². The van der Waals surface area contributed by atoms with E-state index in [1.165, 1.54) is 0 Å². The van der Waals surface area contributed by atoms with Gasteiger partial charge in [0, 0.05) is 12.1 Å². The van der Waals surface area contributed by atoms with Gasteiger partial charge in [-0.15, -0.1) is 11.3 Å². The van der Waals surface area contributed by atoms with Crippen LogP contribution < -0.4 is 5.32 Å². The molecule has 0 bridgehead atoms. The van der Waals surface area contributed by atoms with E-state index in [2.05, 4.69) is 10.3 Å². The lowest BCUT2D eigenvalue weighted by Crippen LogP contribution is -2.28. The van der Waals surface area contributed by atoms with E-state index in [0.29, 0.717) is 23.4 Å². The first-order valence-corrected chi connectivity index (χ1v) is 9.58. The first-order chi connectivity index (χ1) is 13.3. The first-order valence-electron chi connectivity index (χ1n) is 8.76. The molecule has 0 unspecified atom stereocenters. The highest BCUT2D eigenvalue weighted by Gasteiger charge is 2.40. The van der Waals surface area contributed by atoms with Crippen molar-refractivity contribution in [2.45, 2.75) is 12.6 Å². The van der Waals surface area contributed by atoms with Crippen LogP contribution in [0.5, 0.6) is 0 Å². The van der Waals surface area contributed by atoms with Gasteiger partial charge in [-0.3, -0.25) is 4.79 Å². The van der Waals surface area contributed by atoms with Gasteiger partial charge in [-0.25, -0.2) is 4.98 Å². The second-order valence-corrected chi connectivity index (χ2v) is 7.68. The van der Waals surface area contributed by atoms with Gasteiger partial charge in [-0.2, -0.15) is 13.2 Å². The number of carbonyl (C=O) groups excluding carboxylic acids is 1. The van der Waals surface area contributed by atoms with Crippen molar-refractivity contribution < 1.29 is 18.0 Å². The molecule has 0 spiro atoms. The molecule has 2 aromatic heterocycles. The fraction of sp³-hybridized carbons (Fsp3) is 0.300. The zero-order valence-corrected chi connectivity index (χ0v) is 16.3. The number of amides is 1. The van der Waals surface area contributed by atoms with Crippen LogP contribution in [0.15, 0.2) is 42.5 Å². The number of hydrogen-bond donors (Lipinski definition) is 1. The second-order valence-electron chi connectivity index (χ2n) is 6.63. The molecule has 0 atom stereocenters. The number of pyridine rings is 1. The molecule has 0 aliphatic carbocycles. The predicted octanol–water partition coefficient (Wildman–Crippen LogP) is 4.66. The number of rotatable bonds is 6. The Bertz CT molecular complexity index is 968. The summed E-state index contributed by atoms with van der Waals surface area (Å²) >= 11 is 0.822. The van der Waals surface area contributed by atoms with Crippen LogP contribution in [-0.2, 0) is 6.18 Å². The van der Waals surface area contributed by atoms with E-state index in [4.69, 9.17) is 0 Å². The molecule has 28 heavy (non-hydrogen) atoms. The number of hydrogen-bond acceptors (Lipinski definition) is 4. The highest BCUT2D eigenvalue weighted by molar-refractivity contribution is 7.21. The maximum atomic E-state index is 13.8. The highest BCUT2D eigenvalue weighted by Crippen LogP contribution is 2.42.